The molecule has 0 unspecified atom stereocenters. The summed E-state index contributed by atoms with van der Waals surface area (Å²) in [6.45, 7) is 3.39. The lowest BCUT2D eigenvalue weighted by Gasteiger charge is -2.70. The van der Waals surface area contributed by atoms with Crippen LogP contribution in [-0.4, -0.2) is 44.1 Å². The van der Waals surface area contributed by atoms with E-state index >= 15 is 0 Å². The van der Waals surface area contributed by atoms with Gasteiger partial charge in [-0.3, -0.25) is 9.59 Å². The standard InChI is InChI=1S/C22H22FN5O3/c1-13-7-24-18-6-17(27-28(18)8-13)20(30)26-22-10-21(11-22,12-22)25-19(29)9-31-15-4-3-14(2)16(23)5-15/h3-8H,9-12H2,1-2H3,(H,25,29)(H,26,30). The lowest BCUT2D eigenvalue weighted by atomic mass is 9.44. The monoisotopic (exact) mass is 423 g/mol. The highest BCUT2D eigenvalue weighted by Gasteiger charge is 2.69. The molecule has 0 aliphatic heterocycles. The van der Waals surface area contributed by atoms with Crippen molar-refractivity contribution in [2.75, 3.05) is 6.61 Å². The van der Waals surface area contributed by atoms with Crippen LogP contribution in [0, 0.1) is 19.7 Å². The average molecular weight is 423 g/mol. The highest BCUT2D eigenvalue weighted by molar-refractivity contribution is 5.94. The molecule has 1 aromatic carbocycles. The summed E-state index contributed by atoms with van der Waals surface area (Å²) in [5.74, 6) is -0.557. The topological polar surface area (TPSA) is 97.6 Å². The number of halogens is 1. The number of hydrogen-bond acceptors (Lipinski definition) is 5. The molecule has 3 fully saturated rings. The van der Waals surface area contributed by atoms with E-state index in [0.29, 0.717) is 41.9 Å². The van der Waals surface area contributed by atoms with E-state index in [1.165, 1.54) is 6.07 Å². The van der Waals surface area contributed by atoms with Gasteiger partial charge in [-0.05, 0) is 50.3 Å². The lowest BCUT2D eigenvalue weighted by Crippen LogP contribution is -2.84. The summed E-state index contributed by atoms with van der Waals surface area (Å²) in [4.78, 5) is 29.1. The van der Waals surface area contributed by atoms with Crippen LogP contribution < -0.4 is 15.4 Å². The number of carbonyl (C=O) groups is 2. The van der Waals surface area contributed by atoms with Gasteiger partial charge in [-0.1, -0.05) is 6.07 Å². The second-order valence-corrected chi connectivity index (χ2v) is 8.76. The molecule has 2 amide bonds. The van der Waals surface area contributed by atoms with Gasteiger partial charge >= 0.3 is 0 Å². The molecule has 6 rings (SSSR count). The van der Waals surface area contributed by atoms with Crippen molar-refractivity contribution < 1.29 is 18.7 Å². The van der Waals surface area contributed by atoms with Crippen molar-refractivity contribution in [1.29, 1.82) is 0 Å². The van der Waals surface area contributed by atoms with Gasteiger partial charge in [0.15, 0.2) is 17.9 Å². The summed E-state index contributed by atoms with van der Waals surface area (Å²) in [5.41, 5.74) is 1.81. The average Bonchev–Trinajstić information content (AvgIpc) is 3.09. The number of aromatic nitrogens is 3. The van der Waals surface area contributed by atoms with E-state index in [1.807, 2.05) is 13.1 Å². The van der Waals surface area contributed by atoms with E-state index in [4.69, 9.17) is 4.74 Å². The van der Waals surface area contributed by atoms with Crippen LogP contribution in [0.1, 0.15) is 40.9 Å². The van der Waals surface area contributed by atoms with Crippen molar-refractivity contribution in [3.63, 3.8) is 0 Å². The van der Waals surface area contributed by atoms with Gasteiger partial charge in [0.25, 0.3) is 11.8 Å². The Balaban J connectivity index is 1.12. The summed E-state index contributed by atoms with van der Waals surface area (Å²) in [6, 6.07) is 6.16. The van der Waals surface area contributed by atoms with Gasteiger partial charge in [0.2, 0.25) is 0 Å². The van der Waals surface area contributed by atoms with Gasteiger partial charge in [-0.2, -0.15) is 5.10 Å². The lowest BCUT2D eigenvalue weighted by molar-refractivity contribution is -0.141. The van der Waals surface area contributed by atoms with Crippen molar-refractivity contribution in [2.45, 2.75) is 44.2 Å². The minimum absolute atomic E-state index is 0.183. The minimum atomic E-state index is -0.369. The Morgan fingerprint density at radius 2 is 1.90 bits per heavy atom. The summed E-state index contributed by atoms with van der Waals surface area (Å²) in [7, 11) is 0. The van der Waals surface area contributed by atoms with Crippen LogP contribution in [0.3, 0.4) is 0 Å². The molecule has 0 atom stereocenters. The second-order valence-electron chi connectivity index (χ2n) is 8.76. The smallest absolute Gasteiger partial charge is 0.272 e. The Morgan fingerprint density at radius 1 is 1.16 bits per heavy atom. The number of fused-ring (bicyclic) bond motifs is 1. The molecule has 160 valence electrons. The van der Waals surface area contributed by atoms with Crippen LogP contribution in [0.25, 0.3) is 5.65 Å². The molecule has 3 aliphatic carbocycles. The van der Waals surface area contributed by atoms with Crippen LogP contribution in [0.2, 0.25) is 0 Å². The minimum Gasteiger partial charge on any atom is -0.484 e. The molecular weight excluding hydrogens is 401 g/mol. The van der Waals surface area contributed by atoms with Gasteiger partial charge in [-0.15, -0.1) is 0 Å². The molecule has 0 spiro atoms. The van der Waals surface area contributed by atoms with E-state index in [2.05, 4.69) is 20.7 Å². The van der Waals surface area contributed by atoms with Crippen LogP contribution >= 0.6 is 0 Å². The molecule has 2 heterocycles. The molecule has 2 N–H and O–H groups in total. The molecule has 2 aromatic heterocycles. The van der Waals surface area contributed by atoms with E-state index in [9.17, 15) is 14.0 Å². The van der Waals surface area contributed by atoms with Crippen molar-refractivity contribution in [3.8, 4) is 5.75 Å². The SMILES string of the molecule is Cc1cnc2cc(C(=O)NC34CC(NC(=O)COc5ccc(C)c(F)c5)(C3)C4)nn2c1. The number of carbonyl (C=O) groups excluding carboxylic acids is 2. The fourth-order valence-corrected chi connectivity index (χ4v) is 4.58. The van der Waals surface area contributed by atoms with Crippen LogP contribution in [-0.2, 0) is 4.79 Å². The van der Waals surface area contributed by atoms with Crippen molar-refractivity contribution in [3.05, 3.63) is 59.3 Å². The van der Waals surface area contributed by atoms with Gasteiger partial charge in [0, 0.05) is 35.6 Å². The molecule has 8 nitrogen and oxygen atoms in total. The Morgan fingerprint density at radius 3 is 2.65 bits per heavy atom. The molecule has 9 heteroatoms. The van der Waals surface area contributed by atoms with Gasteiger partial charge in [0.1, 0.15) is 11.6 Å². The number of nitrogens with one attached hydrogen (secondary N) is 2. The third-order valence-corrected chi connectivity index (χ3v) is 6.00. The Bertz CT molecular complexity index is 1200. The number of rotatable bonds is 6. The third-order valence-electron chi connectivity index (χ3n) is 6.00. The molecule has 3 aliphatic rings. The van der Waals surface area contributed by atoms with E-state index in [-0.39, 0.29) is 35.3 Å². The molecule has 0 saturated heterocycles. The maximum atomic E-state index is 13.6. The van der Waals surface area contributed by atoms with E-state index in [1.54, 1.807) is 35.8 Å². The number of nitrogens with zero attached hydrogens (tertiary/aromatic N) is 3. The third kappa shape index (κ3) is 3.49. The number of benzene rings is 1. The van der Waals surface area contributed by atoms with Gasteiger partial charge < -0.3 is 15.4 Å². The largest absolute Gasteiger partial charge is 0.484 e. The zero-order valence-corrected chi connectivity index (χ0v) is 17.2. The Hall–Kier alpha value is -3.49. The number of hydrogen-bond donors (Lipinski definition) is 2. The zero-order valence-electron chi connectivity index (χ0n) is 17.2. The number of amides is 2. The van der Waals surface area contributed by atoms with Gasteiger partial charge in [0.05, 0.1) is 0 Å². The van der Waals surface area contributed by atoms with Crippen LogP contribution in [0.4, 0.5) is 4.39 Å². The highest BCUT2D eigenvalue weighted by Crippen LogP contribution is 2.60. The summed E-state index contributed by atoms with van der Waals surface area (Å²) in [5, 5.41) is 10.3. The Kier molecular flexibility index (Phi) is 4.25. The predicted molar refractivity (Wildman–Crippen MR) is 109 cm³/mol. The molecule has 3 saturated carbocycles. The van der Waals surface area contributed by atoms with Crippen molar-refractivity contribution in [1.82, 2.24) is 25.2 Å². The molecular formula is C22H22FN5O3. The fraction of sp³-hybridized carbons (Fsp3) is 0.364. The van der Waals surface area contributed by atoms with E-state index in [0.717, 1.165) is 5.56 Å². The summed E-state index contributed by atoms with van der Waals surface area (Å²) < 4.78 is 20.5. The zero-order chi connectivity index (χ0) is 21.8. The Labute approximate surface area is 177 Å². The predicted octanol–water partition coefficient (Wildman–Crippen LogP) is 2.09. The normalized spacial score (nSPS) is 23.6. The molecule has 0 radical (unpaired) electrons. The first-order valence-corrected chi connectivity index (χ1v) is 10.1. The molecule has 3 aromatic rings. The number of aryl methyl sites for hydroxylation is 2. The van der Waals surface area contributed by atoms with Crippen molar-refractivity contribution >= 4 is 17.5 Å². The van der Waals surface area contributed by atoms with Crippen molar-refractivity contribution in [2.24, 2.45) is 0 Å². The maximum Gasteiger partial charge on any atom is 0.272 e. The summed E-state index contributed by atoms with van der Waals surface area (Å²) >= 11 is 0. The number of ether oxygens (including phenoxy) is 1. The maximum absolute atomic E-state index is 13.6. The first-order chi connectivity index (χ1) is 14.7. The van der Waals surface area contributed by atoms with E-state index < -0.39 is 0 Å². The van der Waals surface area contributed by atoms with Crippen LogP contribution in [0.5, 0.6) is 5.75 Å². The quantitative estimate of drug-likeness (QED) is 0.633. The highest BCUT2D eigenvalue weighted by atomic mass is 19.1. The van der Waals surface area contributed by atoms with Crippen LogP contribution in [0.15, 0.2) is 36.7 Å². The fourth-order valence-electron chi connectivity index (χ4n) is 4.58. The first kappa shape index (κ1) is 19.5. The molecule has 31 heavy (non-hydrogen) atoms. The first-order valence-electron chi connectivity index (χ1n) is 10.1. The second kappa shape index (κ2) is 6.76. The summed E-state index contributed by atoms with van der Waals surface area (Å²) in [6.07, 6.45) is 5.55. The van der Waals surface area contributed by atoms with Gasteiger partial charge in [-0.25, -0.2) is 13.9 Å². The molecule has 2 bridgehead atoms.